The summed E-state index contributed by atoms with van der Waals surface area (Å²) >= 11 is 0. The topological polar surface area (TPSA) is 72.5 Å². The summed E-state index contributed by atoms with van der Waals surface area (Å²) in [5, 5.41) is 5.54. The zero-order valence-corrected chi connectivity index (χ0v) is 12.3. The number of carbonyl (C=O) groups excluding carboxylic acids is 1. The molecule has 0 unspecified atom stereocenters. The summed E-state index contributed by atoms with van der Waals surface area (Å²) in [5.41, 5.74) is 2.01. The van der Waals surface area contributed by atoms with Crippen LogP contribution in [-0.4, -0.2) is 24.4 Å². The van der Waals surface area contributed by atoms with E-state index in [9.17, 15) is 4.79 Å². The predicted molar refractivity (Wildman–Crippen MR) is 82.3 cm³/mol. The van der Waals surface area contributed by atoms with Crippen molar-refractivity contribution in [3.05, 3.63) is 47.7 Å². The molecule has 1 aromatic heterocycles. The highest BCUT2D eigenvalue weighted by Crippen LogP contribution is 2.32. The van der Waals surface area contributed by atoms with E-state index in [4.69, 9.17) is 9.47 Å². The van der Waals surface area contributed by atoms with Gasteiger partial charge in [-0.3, -0.25) is 5.32 Å². The minimum atomic E-state index is -0.262. The monoisotopic (exact) mass is 299 g/mol. The van der Waals surface area contributed by atoms with E-state index in [1.807, 2.05) is 37.3 Å². The van der Waals surface area contributed by atoms with Gasteiger partial charge in [-0.1, -0.05) is 12.1 Å². The van der Waals surface area contributed by atoms with Crippen LogP contribution in [0.15, 0.2) is 36.5 Å². The molecule has 0 spiro atoms. The lowest BCUT2D eigenvalue weighted by Crippen LogP contribution is -2.31. The number of hydrogen-bond acceptors (Lipinski definition) is 4. The Morgan fingerprint density at radius 3 is 3.00 bits per heavy atom. The van der Waals surface area contributed by atoms with Gasteiger partial charge in [0.05, 0.1) is 0 Å². The third-order valence-electron chi connectivity index (χ3n) is 3.38. The summed E-state index contributed by atoms with van der Waals surface area (Å²) in [5.74, 6) is 2.09. The number of amides is 2. The minimum absolute atomic E-state index is 0.262. The number of anilines is 1. The average Bonchev–Trinajstić information content (AvgIpc) is 2.97. The molecule has 6 nitrogen and oxygen atoms in total. The molecule has 0 saturated heterocycles. The fraction of sp³-hybridized carbons (Fsp3) is 0.250. The average molecular weight is 299 g/mol. The van der Waals surface area contributed by atoms with Crippen molar-refractivity contribution in [2.75, 3.05) is 18.7 Å². The first kappa shape index (κ1) is 14.2. The fourth-order valence-corrected chi connectivity index (χ4v) is 2.19. The maximum atomic E-state index is 11.8. The first-order valence-electron chi connectivity index (χ1n) is 7.07. The molecular formula is C16H17N3O3. The van der Waals surface area contributed by atoms with Crippen LogP contribution in [0.2, 0.25) is 0 Å². The molecule has 1 aromatic carbocycles. The first-order chi connectivity index (χ1) is 10.7. The van der Waals surface area contributed by atoms with E-state index in [-0.39, 0.29) is 12.8 Å². The Morgan fingerprint density at radius 2 is 2.14 bits per heavy atom. The van der Waals surface area contributed by atoms with Gasteiger partial charge in [-0.15, -0.1) is 0 Å². The van der Waals surface area contributed by atoms with E-state index >= 15 is 0 Å². The number of aromatic nitrogens is 1. The SMILES string of the molecule is Cc1cccnc1NC(=O)NCCc1ccc2c(c1)OCO2. The molecule has 2 N–H and O–H groups in total. The molecule has 1 aliphatic heterocycles. The van der Waals surface area contributed by atoms with E-state index in [1.165, 1.54) is 0 Å². The summed E-state index contributed by atoms with van der Waals surface area (Å²) in [4.78, 5) is 16.0. The minimum Gasteiger partial charge on any atom is -0.454 e. The number of nitrogens with zero attached hydrogens (tertiary/aromatic N) is 1. The number of hydrogen-bond donors (Lipinski definition) is 2. The predicted octanol–water partition coefficient (Wildman–Crippen LogP) is 2.48. The fourth-order valence-electron chi connectivity index (χ4n) is 2.19. The normalized spacial score (nSPS) is 12.0. The molecule has 3 rings (SSSR count). The number of carbonyl (C=O) groups is 1. The molecule has 0 bridgehead atoms. The van der Waals surface area contributed by atoms with Crippen LogP contribution in [0.3, 0.4) is 0 Å². The Hall–Kier alpha value is -2.76. The van der Waals surface area contributed by atoms with Crippen molar-refractivity contribution in [1.82, 2.24) is 10.3 Å². The summed E-state index contributed by atoms with van der Waals surface area (Å²) in [6.45, 7) is 2.69. The van der Waals surface area contributed by atoms with Crippen molar-refractivity contribution in [2.45, 2.75) is 13.3 Å². The van der Waals surface area contributed by atoms with Gasteiger partial charge >= 0.3 is 6.03 Å². The molecule has 6 heteroatoms. The van der Waals surface area contributed by atoms with Crippen LogP contribution < -0.4 is 20.1 Å². The van der Waals surface area contributed by atoms with E-state index in [0.717, 1.165) is 22.6 Å². The summed E-state index contributed by atoms with van der Waals surface area (Å²) in [6, 6.07) is 9.26. The zero-order chi connectivity index (χ0) is 15.4. The van der Waals surface area contributed by atoms with Gasteiger partial charge in [0.2, 0.25) is 6.79 Å². The standard InChI is InChI=1S/C16H17N3O3/c1-11-3-2-7-17-15(11)19-16(20)18-8-6-12-4-5-13-14(9-12)22-10-21-13/h2-5,7,9H,6,8,10H2,1H3,(H2,17,18,19,20). The molecule has 2 amide bonds. The molecular weight excluding hydrogens is 282 g/mol. The summed E-state index contributed by atoms with van der Waals surface area (Å²) in [7, 11) is 0. The molecule has 0 fully saturated rings. The lowest BCUT2D eigenvalue weighted by atomic mass is 10.1. The van der Waals surface area contributed by atoms with Crippen molar-refractivity contribution in [3.63, 3.8) is 0 Å². The van der Waals surface area contributed by atoms with Crippen molar-refractivity contribution < 1.29 is 14.3 Å². The number of nitrogens with one attached hydrogen (secondary N) is 2. The number of urea groups is 1. The smallest absolute Gasteiger partial charge is 0.320 e. The van der Waals surface area contributed by atoms with Gasteiger partial charge in [-0.25, -0.2) is 9.78 Å². The number of ether oxygens (including phenoxy) is 2. The molecule has 114 valence electrons. The molecule has 0 saturated carbocycles. The van der Waals surface area contributed by atoms with Gasteiger partial charge in [0.15, 0.2) is 11.5 Å². The molecule has 1 aliphatic rings. The quantitative estimate of drug-likeness (QED) is 0.909. The molecule has 0 atom stereocenters. The van der Waals surface area contributed by atoms with Crippen LogP contribution in [0.5, 0.6) is 11.5 Å². The number of rotatable bonds is 4. The van der Waals surface area contributed by atoms with Crippen molar-refractivity contribution in [2.24, 2.45) is 0 Å². The summed E-state index contributed by atoms with van der Waals surface area (Å²) < 4.78 is 10.6. The second kappa shape index (κ2) is 6.34. The van der Waals surface area contributed by atoms with E-state index in [2.05, 4.69) is 15.6 Å². The second-order valence-corrected chi connectivity index (χ2v) is 4.99. The lowest BCUT2D eigenvalue weighted by Gasteiger charge is -2.09. The third-order valence-corrected chi connectivity index (χ3v) is 3.38. The summed E-state index contributed by atoms with van der Waals surface area (Å²) in [6.07, 6.45) is 2.36. The highest BCUT2D eigenvalue weighted by Gasteiger charge is 2.13. The van der Waals surface area contributed by atoms with Crippen LogP contribution >= 0.6 is 0 Å². The van der Waals surface area contributed by atoms with Gasteiger partial charge in [-0.05, 0) is 42.7 Å². The van der Waals surface area contributed by atoms with Gasteiger partial charge in [0, 0.05) is 12.7 Å². The molecule has 0 aliphatic carbocycles. The van der Waals surface area contributed by atoms with E-state index < -0.39 is 0 Å². The van der Waals surface area contributed by atoms with Gasteiger partial charge in [0.1, 0.15) is 5.82 Å². The number of aryl methyl sites for hydroxylation is 1. The van der Waals surface area contributed by atoms with E-state index in [1.54, 1.807) is 6.20 Å². The van der Waals surface area contributed by atoms with Crippen LogP contribution in [0.1, 0.15) is 11.1 Å². The highest BCUT2D eigenvalue weighted by atomic mass is 16.7. The maximum Gasteiger partial charge on any atom is 0.320 e. The Labute approximate surface area is 128 Å². The second-order valence-electron chi connectivity index (χ2n) is 4.99. The van der Waals surface area contributed by atoms with Crippen molar-refractivity contribution >= 4 is 11.8 Å². The Morgan fingerprint density at radius 1 is 1.27 bits per heavy atom. The number of benzene rings is 1. The van der Waals surface area contributed by atoms with Crippen molar-refractivity contribution in [3.8, 4) is 11.5 Å². The van der Waals surface area contributed by atoms with E-state index in [0.29, 0.717) is 18.8 Å². The molecule has 22 heavy (non-hydrogen) atoms. The van der Waals surface area contributed by atoms with Crippen LogP contribution in [0.4, 0.5) is 10.6 Å². The Balaban J connectivity index is 1.49. The number of fused-ring (bicyclic) bond motifs is 1. The molecule has 0 radical (unpaired) electrons. The third kappa shape index (κ3) is 3.28. The highest BCUT2D eigenvalue weighted by molar-refractivity contribution is 5.88. The van der Waals surface area contributed by atoms with Gasteiger partial charge < -0.3 is 14.8 Å². The zero-order valence-electron chi connectivity index (χ0n) is 12.3. The van der Waals surface area contributed by atoms with Gasteiger partial charge in [0.25, 0.3) is 0 Å². The maximum absolute atomic E-state index is 11.8. The first-order valence-corrected chi connectivity index (χ1v) is 7.07. The van der Waals surface area contributed by atoms with Gasteiger partial charge in [-0.2, -0.15) is 0 Å². The Kier molecular flexibility index (Phi) is 4.09. The molecule has 2 heterocycles. The lowest BCUT2D eigenvalue weighted by molar-refractivity contribution is 0.174. The molecule has 2 aromatic rings. The Bertz CT molecular complexity index is 688. The number of pyridine rings is 1. The van der Waals surface area contributed by atoms with Crippen LogP contribution in [0.25, 0.3) is 0 Å². The van der Waals surface area contributed by atoms with Crippen molar-refractivity contribution in [1.29, 1.82) is 0 Å². The van der Waals surface area contributed by atoms with Crippen LogP contribution in [0, 0.1) is 6.92 Å². The largest absolute Gasteiger partial charge is 0.454 e. The van der Waals surface area contributed by atoms with Crippen LogP contribution in [-0.2, 0) is 6.42 Å².